The van der Waals surface area contributed by atoms with E-state index in [4.69, 9.17) is 14.9 Å². The van der Waals surface area contributed by atoms with Crippen LogP contribution in [0.5, 0.6) is 0 Å². The minimum Gasteiger partial charge on any atom is -0.389 e. The molecule has 5 N–H and O–H groups in total. The van der Waals surface area contributed by atoms with E-state index in [9.17, 15) is 9.67 Å². The topological polar surface area (TPSA) is 119 Å². The van der Waals surface area contributed by atoms with Crippen molar-refractivity contribution in [2.24, 2.45) is 0 Å². The lowest BCUT2D eigenvalue weighted by molar-refractivity contribution is 0.0289. The maximum atomic E-state index is 10.3. The van der Waals surface area contributed by atoms with Gasteiger partial charge in [0.05, 0.1) is 24.9 Å². The van der Waals surface area contributed by atoms with Crippen molar-refractivity contribution < 1.29 is 29.1 Å². The van der Waals surface area contributed by atoms with Crippen LogP contribution in [0.25, 0.3) is 0 Å². The van der Waals surface area contributed by atoms with Gasteiger partial charge in [-0.3, -0.25) is 4.52 Å². The molecule has 8 heteroatoms. The van der Waals surface area contributed by atoms with E-state index < -0.39 is 26.1 Å². The van der Waals surface area contributed by atoms with Gasteiger partial charge in [-0.25, -0.2) is 4.57 Å². The van der Waals surface area contributed by atoms with Crippen molar-refractivity contribution in [1.29, 1.82) is 0 Å². The summed E-state index contributed by atoms with van der Waals surface area (Å²) in [5.74, 6) is 0. The van der Waals surface area contributed by atoms with Crippen LogP contribution in [0.3, 0.4) is 0 Å². The Kier molecular flexibility index (Phi) is 3.42. The maximum absolute atomic E-state index is 10.3. The first-order valence-corrected chi connectivity index (χ1v) is 5.23. The predicted molar refractivity (Wildman–Crippen MR) is 41.8 cm³/mol. The van der Waals surface area contributed by atoms with E-state index in [0.717, 1.165) is 0 Å². The monoisotopic (exact) mass is 213 g/mol. The Morgan fingerprint density at radius 3 is 2.46 bits per heavy atom. The number of β-amino-alcohol motifs (C(OH)–C–C–N with tert-alkyl or cyclic N) is 1. The molecular weight excluding hydrogens is 201 g/mol. The summed E-state index contributed by atoms with van der Waals surface area (Å²) < 4.78 is 14.4. The van der Waals surface area contributed by atoms with Crippen LogP contribution in [0.2, 0.25) is 0 Å². The van der Waals surface area contributed by atoms with E-state index >= 15 is 0 Å². The van der Waals surface area contributed by atoms with Crippen LogP contribution in [-0.2, 0) is 9.09 Å². The average Bonchev–Trinajstić information content (AvgIpc) is 2.29. The van der Waals surface area contributed by atoms with Gasteiger partial charge in [-0.15, -0.1) is 0 Å². The number of rotatable bonds is 3. The van der Waals surface area contributed by atoms with Crippen molar-refractivity contribution in [2.45, 2.75) is 18.2 Å². The van der Waals surface area contributed by atoms with Crippen molar-refractivity contribution >= 4 is 7.82 Å². The summed E-state index contributed by atoms with van der Waals surface area (Å²) in [6, 6.07) is -0.636. The molecule has 1 saturated heterocycles. The smallest absolute Gasteiger partial charge is 0.389 e. The fraction of sp³-hybridized carbons (Fsp3) is 1.00. The Labute approximate surface area is 74.6 Å². The lowest BCUT2D eigenvalue weighted by atomic mass is 10.1. The standard InChI is InChI=1S/C5H12NO6P/c7-4-1-6-3(5(4)8)2-12-13(9,10)11/h3-8H,1-2H2,(H2,9,10,11). The molecule has 0 radical (unpaired) electrons. The zero-order valence-corrected chi connectivity index (χ0v) is 7.59. The second kappa shape index (κ2) is 4.02. The summed E-state index contributed by atoms with van der Waals surface area (Å²) in [5, 5.41) is 20.9. The van der Waals surface area contributed by atoms with E-state index in [1.165, 1.54) is 0 Å². The lowest BCUT2D eigenvalue weighted by Crippen LogP contribution is -2.36. The molecule has 0 aromatic rings. The number of aliphatic hydroxyl groups is 2. The highest BCUT2D eigenvalue weighted by Gasteiger charge is 2.34. The number of aliphatic hydroxyl groups excluding tert-OH is 2. The number of hydrogen-bond donors (Lipinski definition) is 5. The van der Waals surface area contributed by atoms with Crippen LogP contribution in [-0.4, -0.2) is 51.4 Å². The van der Waals surface area contributed by atoms with Crippen molar-refractivity contribution in [3.05, 3.63) is 0 Å². The molecule has 0 amide bonds. The zero-order valence-electron chi connectivity index (χ0n) is 6.70. The van der Waals surface area contributed by atoms with Crippen LogP contribution in [0.15, 0.2) is 0 Å². The highest BCUT2D eigenvalue weighted by atomic mass is 31.2. The molecule has 1 aliphatic heterocycles. The number of nitrogens with one attached hydrogen (secondary N) is 1. The van der Waals surface area contributed by atoms with Gasteiger partial charge in [-0.2, -0.15) is 0 Å². The molecule has 3 unspecified atom stereocenters. The quantitative estimate of drug-likeness (QED) is 0.337. The van der Waals surface area contributed by atoms with Gasteiger partial charge in [0.25, 0.3) is 0 Å². The van der Waals surface area contributed by atoms with E-state index in [0.29, 0.717) is 0 Å². The molecule has 0 bridgehead atoms. The molecule has 0 saturated carbocycles. The molecule has 0 aliphatic carbocycles. The van der Waals surface area contributed by atoms with Gasteiger partial charge >= 0.3 is 7.82 Å². The Hall–Kier alpha value is -0.0100. The molecule has 3 atom stereocenters. The van der Waals surface area contributed by atoms with Crippen LogP contribution in [0, 0.1) is 0 Å². The average molecular weight is 213 g/mol. The van der Waals surface area contributed by atoms with Gasteiger partial charge in [0, 0.05) is 6.54 Å². The van der Waals surface area contributed by atoms with E-state index in [-0.39, 0.29) is 13.2 Å². The number of hydrogen-bond acceptors (Lipinski definition) is 5. The molecule has 1 heterocycles. The third-order valence-corrected chi connectivity index (χ3v) is 2.30. The summed E-state index contributed by atoms with van der Waals surface area (Å²) in [6.45, 7) is -0.140. The second-order valence-corrected chi connectivity index (χ2v) is 4.10. The Morgan fingerprint density at radius 1 is 1.46 bits per heavy atom. The molecule has 0 spiro atoms. The molecule has 1 fully saturated rings. The first-order valence-electron chi connectivity index (χ1n) is 3.70. The van der Waals surface area contributed by atoms with Gasteiger partial charge < -0.3 is 25.3 Å². The molecule has 0 aromatic carbocycles. The van der Waals surface area contributed by atoms with Gasteiger partial charge in [-0.1, -0.05) is 0 Å². The highest BCUT2D eigenvalue weighted by Crippen LogP contribution is 2.36. The molecule has 7 nitrogen and oxygen atoms in total. The molecule has 1 rings (SSSR count). The van der Waals surface area contributed by atoms with Gasteiger partial charge in [0.2, 0.25) is 0 Å². The second-order valence-electron chi connectivity index (χ2n) is 2.86. The highest BCUT2D eigenvalue weighted by molar-refractivity contribution is 7.46. The first-order chi connectivity index (χ1) is 5.90. The third-order valence-electron chi connectivity index (χ3n) is 1.82. The molecule has 78 valence electrons. The summed E-state index contributed by atoms with van der Waals surface area (Å²) in [6.07, 6.45) is -1.96. The Bertz CT molecular complexity index is 217. The third kappa shape index (κ3) is 3.32. The van der Waals surface area contributed by atoms with Crippen molar-refractivity contribution in [3.8, 4) is 0 Å². The normalized spacial score (nSPS) is 35.2. The van der Waals surface area contributed by atoms with E-state index in [1.807, 2.05) is 0 Å². The van der Waals surface area contributed by atoms with E-state index in [2.05, 4.69) is 9.84 Å². The summed E-state index contributed by atoms with van der Waals surface area (Å²) in [7, 11) is -4.50. The van der Waals surface area contributed by atoms with Crippen LogP contribution < -0.4 is 5.32 Å². The number of phosphoric ester groups is 1. The van der Waals surface area contributed by atoms with Crippen LogP contribution >= 0.6 is 7.82 Å². The molecular formula is C5H12NO6P. The molecule has 1 aliphatic rings. The largest absolute Gasteiger partial charge is 0.469 e. The van der Waals surface area contributed by atoms with Gasteiger partial charge in [-0.05, 0) is 0 Å². The van der Waals surface area contributed by atoms with Gasteiger partial charge in [0.1, 0.15) is 0 Å². The van der Waals surface area contributed by atoms with Crippen molar-refractivity contribution in [1.82, 2.24) is 5.32 Å². The van der Waals surface area contributed by atoms with Gasteiger partial charge in [0.15, 0.2) is 0 Å². The number of phosphoric acid groups is 1. The predicted octanol–water partition coefficient (Wildman–Crippen LogP) is -2.21. The fourth-order valence-electron chi connectivity index (χ4n) is 1.12. The van der Waals surface area contributed by atoms with Crippen LogP contribution in [0.4, 0.5) is 0 Å². The molecule has 0 aromatic heterocycles. The summed E-state index contributed by atoms with van der Waals surface area (Å²) in [4.78, 5) is 16.7. The maximum Gasteiger partial charge on any atom is 0.469 e. The minimum absolute atomic E-state index is 0.191. The lowest BCUT2D eigenvalue weighted by Gasteiger charge is -2.15. The summed E-state index contributed by atoms with van der Waals surface area (Å²) >= 11 is 0. The summed E-state index contributed by atoms with van der Waals surface area (Å²) in [5.41, 5.74) is 0. The van der Waals surface area contributed by atoms with Crippen LogP contribution in [0.1, 0.15) is 0 Å². The van der Waals surface area contributed by atoms with E-state index in [1.54, 1.807) is 0 Å². The first kappa shape index (κ1) is 11.1. The van der Waals surface area contributed by atoms with Crippen molar-refractivity contribution in [2.75, 3.05) is 13.2 Å². The minimum atomic E-state index is -4.50. The Balaban J connectivity index is 2.35. The molecule has 13 heavy (non-hydrogen) atoms. The SMILES string of the molecule is O=P(O)(O)OCC1NCC(O)C1O. The zero-order chi connectivity index (χ0) is 10.1. The fourth-order valence-corrected chi connectivity index (χ4v) is 1.47. The van der Waals surface area contributed by atoms with Crippen molar-refractivity contribution in [3.63, 3.8) is 0 Å². The Morgan fingerprint density at radius 2 is 2.08 bits per heavy atom.